The van der Waals surface area contributed by atoms with Crippen LogP contribution in [-0.4, -0.2) is 70.3 Å². The minimum atomic E-state index is -0.650. The molecule has 1 unspecified atom stereocenters. The second-order valence-corrected chi connectivity index (χ2v) is 10.7. The molecule has 1 aliphatic heterocycles. The van der Waals surface area contributed by atoms with Crippen molar-refractivity contribution in [2.45, 2.75) is 32.7 Å². The highest BCUT2D eigenvalue weighted by Gasteiger charge is 2.35. The van der Waals surface area contributed by atoms with Gasteiger partial charge in [0.15, 0.2) is 5.82 Å². The molecule has 1 saturated heterocycles. The number of ether oxygens (including phenoxy) is 1. The van der Waals surface area contributed by atoms with Crippen molar-refractivity contribution in [3.8, 4) is 22.5 Å². The molecule has 0 N–H and O–H groups in total. The zero-order valence-corrected chi connectivity index (χ0v) is 24.3. The minimum absolute atomic E-state index is 0.0166. The first-order valence-corrected chi connectivity index (χ1v) is 14.1. The first-order chi connectivity index (χ1) is 20.3. The van der Waals surface area contributed by atoms with Crippen molar-refractivity contribution in [2.75, 3.05) is 26.7 Å². The molecule has 1 atom stereocenters. The Morgan fingerprint density at radius 2 is 1.38 bits per heavy atom. The first kappa shape index (κ1) is 28.7. The van der Waals surface area contributed by atoms with E-state index in [0.29, 0.717) is 36.7 Å². The van der Waals surface area contributed by atoms with Gasteiger partial charge in [-0.25, -0.2) is 14.8 Å². The average molecular weight is 563 g/mol. The molecule has 2 amide bonds. The van der Waals surface area contributed by atoms with Crippen LogP contribution in [0.4, 0.5) is 0 Å². The molecule has 1 aliphatic rings. The van der Waals surface area contributed by atoms with Crippen molar-refractivity contribution >= 4 is 17.8 Å². The highest BCUT2D eigenvalue weighted by molar-refractivity contribution is 6.05. The van der Waals surface area contributed by atoms with Crippen molar-refractivity contribution in [3.63, 3.8) is 0 Å². The Kier molecular flexibility index (Phi) is 8.43. The van der Waals surface area contributed by atoms with Crippen LogP contribution < -0.4 is 0 Å². The normalized spacial score (nSPS) is 15.0. The van der Waals surface area contributed by atoms with Crippen LogP contribution in [0.2, 0.25) is 0 Å². The number of benzene rings is 3. The van der Waals surface area contributed by atoms with Gasteiger partial charge >= 0.3 is 5.97 Å². The van der Waals surface area contributed by atoms with Crippen LogP contribution in [0.3, 0.4) is 0 Å². The van der Waals surface area contributed by atoms with E-state index in [9.17, 15) is 14.4 Å². The van der Waals surface area contributed by atoms with Crippen LogP contribution in [0.15, 0.2) is 84.9 Å². The highest BCUT2D eigenvalue weighted by Crippen LogP contribution is 2.27. The van der Waals surface area contributed by atoms with Gasteiger partial charge in [0.25, 0.3) is 11.8 Å². The Labute approximate surface area is 246 Å². The van der Waals surface area contributed by atoms with E-state index in [2.05, 4.69) is 9.97 Å². The van der Waals surface area contributed by atoms with Gasteiger partial charge < -0.3 is 14.5 Å². The number of carbonyl (C=O) groups is 3. The molecule has 8 nitrogen and oxygen atoms in total. The van der Waals surface area contributed by atoms with Crippen LogP contribution >= 0.6 is 0 Å². The molecule has 214 valence electrons. The Morgan fingerprint density at radius 1 is 0.786 bits per heavy atom. The molecule has 0 radical (unpaired) electrons. The number of carbonyl (C=O) groups excluding carboxylic acids is 3. The lowest BCUT2D eigenvalue weighted by Gasteiger charge is -2.40. The predicted molar refractivity (Wildman–Crippen MR) is 161 cm³/mol. The second kappa shape index (κ2) is 12.3. The summed E-state index contributed by atoms with van der Waals surface area (Å²) in [6.07, 6.45) is 0. The summed E-state index contributed by atoms with van der Waals surface area (Å²) in [6, 6.07) is 26.7. The molecule has 5 rings (SSSR count). The fourth-order valence-corrected chi connectivity index (χ4v) is 5.27. The number of nitrogens with zero attached hydrogens (tertiary/aromatic N) is 4. The minimum Gasteiger partial charge on any atom is -0.465 e. The van der Waals surface area contributed by atoms with Gasteiger partial charge in [-0.1, -0.05) is 86.6 Å². The number of esters is 1. The molecular formula is C34H34N4O4. The quantitative estimate of drug-likeness (QED) is 0.280. The van der Waals surface area contributed by atoms with E-state index >= 15 is 0 Å². The van der Waals surface area contributed by atoms with Crippen LogP contribution in [0.25, 0.3) is 22.5 Å². The van der Waals surface area contributed by atoms with Crippen molar-refractivity contribution in [3.05, 3.63) is 107 Å². The predicted octanol–water partition coefficient (Wildman–Crippen LogP) is 5.71. The summed E-state index contributed by atoms with van der Waals surface area (Å²) in [5.41, 5.74) is 4.03. The molecule has 4 aromatic rings. The average Bonchev–Trinajstić information content (AvgIpc) is 3.04. The molecule has 8 heteroatoms. The third-order valence-electron chi connectivity index (χ3n) is 7.52. The smallest absolute Gasteiger partial charge is 0.342 e. The van der Waals surface area contributed by atoms with Gasteiger partial charge in [-0.05, 0) is 36.1 Å². The number of hydrogen-bond acceptors (Lipinski definition) is 6. The molecule has 1 aromatic heterocycles. The summed E-state index contributed by atoms with van der Waals surface area (Å²) in [4.78, 5) is 53.1. The molecule has 0 aliphatic carbocycles. The molecule has 3 aromatic carbocycles. The summed E-state index contributed by atoms with van der Waals surface area (Å²) in [6.45, 7) is 6.71. The van der Waals surface area contributed by atoms with Gasteiger partial charge in [0.05, 0.1) is 12.8 Å². The third kappa shape index (κ3) is 5.79. The summed E-state index contributed by atoms with van der Waals surface area (Å²) >= 11 is 0. The van der Waals surface area contributed by atoms with Gasteiger partial charge in [0, 0.05) is 36.8 Å². The molecule has 1 fully saturated rings. The van der Waals surface area contributed by atoms with E-state index in [-0.39, 0.29) is 35.0 Å². The molecule has 2 heterocycles. The van der Waals surface area contributed by atoms with E-state index in [1.807, 2.05) is 106 Å². The lowest BCUT2D eigenvalue weighted by molar-refractivity contribution is 0.0408. The van der Waals surface area contributed by atoms with Gasteiger partial charge in [0.1, 0.15) is 11.3 Å². The maximum Gasteiger partial charge on any atom is 0.342 e. The van der Waals surface area contributed by atoms with Gasteiger partial charge in [-0.15, -0.1) is 0 Å². The van der Waals surface area contributed by atoms with Crippen molar-refractivity contribution in [2.24, 2.45) is 0 Å². The van der Waals surface area contributed by atoms with E-state index in [1.54, 1.807) is 9.80 Å². The van der Waals surface area contributed by atoms with Crippen LogP contribution in [0.5, 0.6) is 0 Å². The molecule has 0 saturated carbocycles. The second-order valence-electron chi connectivity index (χ2n) is 10.7. The molecule has 0 bridgehead atoms. The van der Waals surface area contributed by atoms with E-state index in [1.165, 1.54) is 7.11 Å². The Bertz CT molecular complexity index is 1590. The zero-order valence-electron chi connectivity index (χ0n) is 24.3. The number of amides is 2. The largest absolute Gasteiger partial charge is 0.465 e. The van der Waals surface area contributed by atoms with E-state index < -0.39 is 5.97 Å². The standard InChI is InChI=1S/C34H34N4O4/c1-22(2)29-28(34(41)42-4)30(36-31(35-29)26-13-9-6-10-14-26)33(40)37-19-20-38(23(3)21-37)32(39)27-17-15-25(16-18-27)24-11-7-5-8-12-24/h5-18,22-23H,19-21H2,1-4H3. The molecular weight excluding hydrogens is 528 g/mol. The van der Waals surface area contributed by atoms with Crippen molar-refractivity contribution < 1.29 is 19.1 Å². The first-order valence-electron chi connectivity index (χ1n) is 14.1. The maximum absolute atomic E-state index is 14.0. The summed E-state index contributed by atoms with van der Waals surface area (Å²) in [7, 11) is 1.28. The third-order valence-corrected chi connectivity index (χ3v) is 7.52. The van der Waals surface area contributed by atoms with Gasteiger partial charge in [0.2, 0.25) is 0 Å². The fraction of sp³-hybridized carbons (Fsp3) is 0.265. The topological polar surface area (TPSA) is 92.7 Å². The van der Waals surface area contributed by atoms with Gasteiger partial charge in [-0.2, -0.15) is 0 Å². The van der Waals surface area contributed by atoms with Crippen LogP contribution in [0, 0.1) is 0 Å². The SMILES string of the molecule is COC(=O)c1c(C(=O)N2CCN(C(=O)c3ccc(-c4ccccc4)cc3)C(C)C2)nc(-c2ccccc2)nc1C(C)C. The number of aromatic nitrogens is 2. The lowest BCUT2D eigenvalue weighted by atomic mass is 10.00. The molecule has 0 spiro atoms. The Morgan fingerprint density at radius 3 is 1.95 bits per heavy atom. The number of methoxy groups -OCH3 is 1. The van der Waals surface area contributed by atoms with E-state index in [4.69, 9.17) is 4.74 Å². The summed E-state index contributed by atoms with van der Waals surface area (Å²) in [5.74, 6) is -0.903. The maximum atomic E-state index is 14.0. The Balaban J connectivity index is 1.39. The monoisotopic (exact) mass is 562 g/mol. The van der Waals surface area contributed by atoms with Gasteiger partial charge in [-0.3, -0.25) is 9.59 Å². The highest BCUT2D eigenvalue weighted by atomic mass is 16.5. The summed E-state index contributed by atoms with van der Waals surface area (Å²) in [5, 5.41) is 0. The number of rotatable bonds is 6. The van der Waals surface area contributed by atoms with Crippen molar-refractivity contribution in [1.82, 2.24) is 19.8 Å². The lowest BCUT2D eigenvalue weighted by Crippen LogP contribution is -2.55. The zero-order chi connectivity index (χ0) is 29.8. The van der Waals surface area contributed by atoms with Crippen LogP contribution in [0.1, 0.15) is 63.6 Å². The molecule has 42 heavy (non-hydrogen) atoms. The van der Waals surface area contributed by atoms with Crippen LogP contribution in [-0.2, 0) is 4.74 Å². The van der Waals surface area contributed by atoms with Crippen molar-refractivity contribution in [1.29, 1.82) is 0 Å². The fourth-order valence-electron chi connectivity index (χ4n) is 5.27. The van der Waals surface area contributed by atoms with E-state index in [0.717, 1.165) is 16.7 Å². The summed E-state index contributed by atoms with van der Waals surface area (Å²) < 4.78 is 5.06. The number of piperazine rings is 1. The Hall–Kier alpha value is -4.85. The number of hydrogen-bond donors (Lipinski definition) is 0.